The summed E-state index contributed by atoms with van der Waals surface area (Å²) < 4.78 is 55.7. The molecule has 4 unspecified atom stereocenters. The van der Waals surface area contributed by atoms with Crippen LogP contribution in [0, 0.1) is 38.5 Å². The molecule has 6 heteroatoms. The highest BCUT2D eigenvalue weighted by Gasteiger charge is 2.36. The maximum absolute atomic E-state index is 12.7. The Labute approximate surface area is 223 Å². The topological polar surface area (TPSA) is 27.7 Å². The van der Waals surface area contributed by atoms with E-state index in [9.17, 15) is 13.2 Å². The third kappa shape index (κ3) is 9.37. The van der Waals surface area contributed by atoms with Gasteiger partial charge in [-0.15, -0.1) is 0 Å². The maximum atomic E-state index is 12.7. The van der Waals surface area contributed by atoms with Crippen molar-refractivity contribution >= 4 is 0 Å². The molecular formula is C31H51F3O3. The summed E-state index contributed by atoms with van der Waals surface area (Å²) in [4.78, 5) is 0. The van der Waals surface area contributed by atoms with Gasteiger partial charge in [-0.1, -0.05) is 59.3 Å². The van der Waals surface area contributed by atoms with E-state index >= 15 is 0 Å². The van der Waals surface area contributed by atoms with Gasteiger partial charge in [0.05, 0.1) is 5.92 Å². The second kappa shape index (κ2) is 14.1. The Balaban J connectivity index is 1.75. The van der Waals surface area contributed by atoms with Crippen LogP contribution in [0.4, 0.5) is 13.2 Å². The first-order valence-corrected chi connectivity index (χ1v) is 14.3. The van der Waals surface area contributed by atoms with Gasteiger partial charge in [0.1, 0.15) is 17.1 Å². The molecule has 1 aliphatic heterocycles. The van der Waals surface area contributed by atoms with Crippen LogP contribution in [-0.2, 0) is 11.2 Å². The number of fused-ring (bicyclic) bond motifs is 1. The molecule has 0 aliphatic carbocycles. The van der Waals surface area contributed by atoms with Crippen molar-refractivity contribution in [1.29, 1.82) is 0 Å². The number of hydrogen-bond acceptors (Lipinski definition) is 3. The Morgan fingerprint density at radius 1 is 0.865 bits per heavy atom. The van der Waals surface area contributed by atoms with Crippen molar-refractivity contribution in [2.75, 3.05) is 13.9 Å². The van der Waals surface area contributed by atoms with Crippen LogP contribution in [0.25, 0.3) is 0 Å². The summed E-state index contributed by atoms with van der Waals surface area (Å²) in [6, 6.07) is 0. The van der Waals surface area contributed by atoms with Gasteiger partial charge in [-0.05, 0) is 88.3 Å². The van der Waals surface area contributed by atoms with Crippen LogP contribution in [0.2, 0.25) is 0 Å². The number of hydrogen-bond donors (Lipinski definition) is 0. The van der Waals surface area contributed by atoms with Gasteiger partial charge in [-0.2, -0.15) is 13.2 Å². The molecule has 37 heavy (non-hydrogen) atoms. The number of rotatable bonds is 15. The first-order valence-electron chi connectivity index (χ1n) is 14.3. The minimum Gasteiger partial charge on any atom is -0.487 e. The molecule has 0 amide bonds. The smallest absolute Gasteiger partial charge is 0.391 e. The van der Waals surface area contributed by atoms with Crippen molar-refractivity contribution in [3.05, 3.63) is 22.3 Å². The molecule has 1 aliphatic rings. The summed E-state index contributed by atoms with van der Waals surface area (Å²) in [7, 11) is 1.64. The first kappa shape index (κ1) is 31.8. The molecule has 214 valence electrons. The molecule has 1 aromatic carbocycles. The van der Waals surface area contributed by atoms with Crippen molar-refractivity contribution in [2.45, 2.75) is 131 Å². The molecule has 4 atom stereocenters. The van der Waals surface area contributed by atoms with Crippen molar-refractivity contribution in [1.82, 2.24) is 0 Å². The van der Waals surface area contributed by atoms with Crippen LogP contribution in [0.15, 0.2) is 0 Å². The Morgan fingerprint density at radius 2 is 1.43 bits per heavy atom. The second-order valence-corrected chi connectivity index (χ2v) is 12.0. The molecule has 3 nitrogen and oxygen atoms in total. The zero-order chi connectivity index (χ0) is 27.8. The summed E-state index contributed by atoms with van der Waals surface area (Å²) >= 11 is 0. The summed E-state index contributed by atoms with van der Waals surface area (Å²) in [5.41, 5.74) is 4.56. The fraction of sp³-hybridized carbons (Fsp3) is 0.806. The van der Waals surface area contributed by atoms with Gasteiger partial charge < -0.3 is 14.2 Å². The predicted octanol–water partition coefficient (Wildman–Crippen LogP) is 9.66. The quantitative estimate of drug-likeness (QED) is 0.212. The van der Waals surface area contributed by atoms with Crippen molar-refractivity contribution in [3.63, 3.8) is 0 Å². The number of halogens is 3. The molecule has 0 fully saturated rings. The summed E-state index contributed by atoms with van der Waals surface area (Å²) in [6.45, 7) is 14.6. The third-order valence-corrected chi connectivity index (χ3v) is 8.57. The largest absolute Gasteiger partial charge is 0.487 e. The fourth-order valence-electron chi connectivity index (χ4n) is 5.66. The van der Waals surface area contributed by atoms with E-state index in [-0.39, 0.29) is 18.8 Å². The molecule has 0 saturated heterocycles. The molecule has 1 aromatic rings. The van der Waals surface area contributed by atoms with Crippen molar-refractivity contribution in [2.24, 2.45) is 17.8 Å². The Kier molecular flexibility index (Phi) is 12.1. The van der Waals surface area contributed by atoms with E-state index in [2.05, 4.69) is 41.5 Å². The van der Waals surface area contributed by atoms with Gasteiger partial charge in [0.2, 0.25) is 0 Å². The number of ether oxygens (including phenoxy) is 3. The van der Waals surface area contributed by atoms with E-state index in [1.165, 1.54) is 25.3 Å². The molecule has 0 bridgehead atoms. The third-order valence-electron chi connectivity index (χ3n) is 8.57. The monoisotopic (exact) mass is 528 g/mol. The molecule has 0 N–H and O–H groups in total. The van der Waals surface area contributed by atoms with Crippen LogP contribution in [0.3, 0.4) is 0 Å². The SMILES string of the molecule is COCOc1c(C)c(C)c2c(c1C)CCC(C)(CCCC(C)CCCC(C)CCCC(C)C(F)(F)F)O2. The van der Waals surface area contributed by atoms with Crippen LogP contribution >= 0.6 is 0 Å². The van der Waals surface area contributed by atoms with E-state index in [0.717, 1.165) is 73.1 Å². The highest BCUT2D eigenvalue weighted by Crippen LogP contribution is 2.45. The first-order chi connectivity index (χ1) is 17.3. The second-order valence-electron chi connectivity index (χ2n) is 12.0. The van der Waals surface area contributed by atoms with Gasteiger partial charge >= 0.3 is 6.18 Å². The average Bonchev–Trinajstić information content (AvgIpc) is 2.82. The van der Waals surface area contributed by atoms with E-state index in [4.69, 9.17) is 14.2 Å². The fourth-order valence-corrected chi connectivity index (χ4v) is 5.66. The molecule has 0 radical (unpaired) electrons. The number of alkyl halides is 3. The van der Waals surface area contributed by atoms with Gasteiger partial charge in [0.25, 0.3) is 0 Å². The highest BCUT2D eigenvalue weighted by atomic mass is 19.4. The van der Waals surface area contributed by atoms with Gasteiger partial charge in [0, 0.05) is 12.7 Å². The number of methoxy groups -OCH3 is 1. The highest BCUT2D eigenvalue weighted by molar-refractivity contribution is 5.59. The predicted molar refractivity (Wildman–Crippen MR) is 146 cm³/mol. The maximum Gasteiger partial charge on any atom is 0.391 e. The lowest BCUT2D eigenvalue weighted by Gasteiger charge is -2.38. The molecule has 0 aromatic heterocycles. The van der Waals surface area contributed by atoms with Gasteiger partial charge in [-0.25, -0.2) is 0 Å². The van der Waals surface area contributed by atoms with E-state index < -0.39 is 12.1 Å². The van der Waals surface area contributed by atoms with Crippen LogP contribution < -0.4 is 9.47 Å². The van der Waals surface area contributed by atoms with E-state index in [1.807, 2.05) is 0 Å². The Bertz CT molecular complexity index is 851. The van der Waals surface area contributed by atoms with Gasteiger partial charge in [-0.3, -0.25) is 0 Å². The molecule has 0 saturated carbocycles. The lowest BCUT2D eigenvalue weighted by atomic mass is 9.83. The van der Waals surface area contributed by atoms with Crippen LogP contribution in [0.5, 0.6) is 11.5 Å². The normalized spacial score (nSPS) is 20.2. The number of benzene rings is 1. The zero-order valence-corrected chi connectivity index (χ0v) is 24.6. The summed E-state index contributed by atoms with van der Waals surface area (Å²) in [6.07, 6.45) is 6.58. The van der Waals surface area contributed by atoms with Crippen molar-refractivity contribution < 1.29 is 27.4 Å². The lowest BCUT2D eigenvalue weighted by Crippen LogP contribution is -2.37. The lowest BCUT2D eigenvalue weighted by molar-refractivity contribution is -0.171. The molecule has 2 rings (SSSR count). The zero-order valence-electron chi connectivity index (χ0n) is 24.6. The van der Waals surface area contributed by atoms with Crippen LogP contribution in [-0.4, -0.2) is 25.7 Å². The van der Waals surface area contributed by atoms with Crippen molar-refractivity contribution in [3.8, 4) is 11.5 Å². The minimum absolute atomic E-state index is 0.146. The summed E-state index contributed by atoms with van der Waals surface area (Å²) in [5, 5.41) is 0. The minimum atomic E-state index is -4.05. The summed E-state index contributed by atoms with van der Waals surface area (Å²) in [5.74, 6) is 1.93. The standard InChI is InChI=1S/C31H51F3O3/c1-21(14-10-16-23(3)31(32,33)34)12-9-13-22(2)15-11-18-30(7)19-17-27-26(6)28(36-20-35-8)24(4)25(5)29(27)37-30/h21-23H,9-20H2,1-8H3. The molecular weight excluding hydrogens is 477 g/mol. The molecule has 0 spiro atoms. The van der Waals surface area contributed by atoms with Crippen LogP contribution in [0.1, 0.15) is 114 Å². The average molecular weight is 529 g/mol. The van der Waals surface area contributed by atoms with E-state index in [0.29, 0.717) is 18.3 Å². The van der Waals surface area contributed by atoms with E-state index in [1.54, 1.807) is 7.11 Å². The Hall–Kier alpha value is -1.43. The molecule has 1 heterocycles. The Morgan fingerprint density at radius 3 is 2.00 bits per heavy atom. The van der Waals surface area contributed by atoms with Gasteiger partial charge in [0.15, 0.2) is 6.79 Å².